The fourth-order valence-corrected chi connectivity index (χ4v) is 6.83. The summed E-state index contributed by atoms with van der Waals surface area (Å²) in [5.74, 6) is -1.55. The van der Waals surface area contributed by atoms with Gasteiger partial charge in [0.05, 0.1) is 10.9 Å². The predicted octanol–water partition coefficient (Wildman–Crippen LogP) is 4.25. The molecule has 1 spiro atoms. The first-order valence-corrected chi connectivity index (χ1v) is 12.5. The number of nitrogens with one attached hydrogen (secondary N) is 2. The topological polar surface area (TPSA) is 61.4 Å². The Morgan fingerprint density at radius 1 is 1.19 bits per heavy atom. The number of likely N-dealkylation sites (tertiary alicyclic amines) is 1. The van der Waals surface area contributed by atoms with Crippen LogP contribution in [0.1, 0.15) is 36.3 Å². The number of halogens is 3. The van der Waals surface area contributed by atoms with Crippen molar-refractivity contribution >= 4 is 51.7 Å². The van der Waals surface area contributed by atoms with Gasteiger partial charge >= 0.3 is 0 Å². The summed E-state index contributed by atoms with van der Waals surface area (Å²) in [6.45, 7) is 1.29. The van der Waals surface area contributed by atoms with Crippen LogP contribution in [0.2, 0.25) is 5.02 Å². The van der Waals surface area contributed by atoms with Crippen molar-refractivity contribution in [2.24, 2.45) is 11.8 Å². The van der Waals surface area contributed by atoms with Crippen LogP contribution in [0, 0.1) is 21.2 Å². The van der Waals surface area contributed by atoms with Gasteiger partial charge in [-0.25, -0.2) is 4.39 Å². The zero-order valence-electron chi connectivity index (χ0n) is 17.2. The molecule has 2 aromatic carbocycles. The van der Waals surface area contributed by atoms with Crippen molar-refractivity contribution in [1.82, 2.24) is 10.2 Å². The summed E-state index contributed by atoms with van der Waals surface area (Å²) in [5.41, 5.74) is 0.763. The van der Waals surface area contributed by atoms with E-state index in [1.807, 2.05) is 18.2 Å². The number of carbonyl (C=O) groups is 2. The Kier molecular flexibility index (Phi) is 4.82. The zero-order valence-corrected chi connectivity index (χ0v) is 20.1. The number of carbonyl (C=O) groups excluding carboxylic acids is 2. The minimum Gasteiger partial charge on any atom is -0.356 e. The molecule has 8 heteroatoms. The summed E-state index contributed by atoms with van der Waals surface area (Å²) in [7, 11) is 0. The molecule has 3 fully saturated rings. The van der Waals surface area contributed by atoms with Gasteiger partial charge in [0, 0.05) is 39.9 Å². The highest BCUT2D eigenvalue weighted by atomic mass is 127. The summed E-state index contributed by atoms with van der Waals surface area (Å²) in [5, 5.41) is 6.06. The van der Waals surface area contributed by atoms with E-state index in [4.69, 9.17) is 11.6 Å². The molecule has 4 aliphatic rings. The van der Waals surface area contributed by atoms with Crippen molar-refractivity contribution in [3.63, 3.8) is 0 Å². The van der Waals surface area contributed by atoms with Gasteiger partial charge in [0.15, 0.2) is 0 Å². The summed E-state index contributed by atoms with van der Waals surface area (Å²) in [4.78, 5) is 29.5. The summed E-state index contributed by atoms with van der Waals surface area (Å²) >= 11 is 8.42. The number of amides is 2. The maximum Gasteiger partial charge on any atom is 0.250 e. The molecule has 2 amide bonds. The van der Waals surface area contributed by atoms with E-state index in [1.54, 1.807) is 12.1 Å². The van der Waals surface area contributed by atoms with Crippen molar-refractivity contribution in [3.8, 4) is 0 Å². The van der Waals surface area contributed by atoms with Crippen LogP contribution in [0.25, 0.3) is 0 Å². The molecular formula is C24H22ClFIN3O2. The van der Waals surface area contributed by atoms with Crippen LogP contribution in [-0.2, 0) is 15.1 Å². The molecule has 4 atom stereocenters. The Morgan fingerprint density at radius 3 is 2.78 bits per heavy atom. The monoisotopic (exact) mass is 565 g/mol. The molecule has 2 saturated heterocycles. The maximum atomic E-state index is 15.5. The van der Waals surface area contributed by atoms with Crippen molar-refractivity contribution in [3.05, 3.63) is 61.9 Å². The molecule has 1 aliphatic carbocycles. The van der Waals surface area contributed by atoms with Crippen molar-refractivity contribution in [2.75, 3.05) is 18.4 Å². The van der Waals surface area contributed by atoms with Gasteiger partial charge in [0.25, 0.3) is 0 Å². The third-order valence-electron chi connectivity index (χ3n) is 7.57. The van der Waals surface area contributed by atoms with Gasteiger partial charge in [0.1, 0.15) is 11.4 Å². The normalized spacial score (nSPS) is 31.4. The first-order chi connectivity index (χ1) is 15.4. The van der Waals surface area contributed by atoms with Gasteiger partial charge in [-0.15, -0.1) is 0 Å². The molecule has 0 bridgehead atoms. The van der Waals surface area contributed by atoms with Crippen molar-refractivity contribution < 1.29 is 14.0 Å². The van der Waals surface area contributed by atoms with Gasteiger partial charge in [-0.2, -0.15) is 0 Å². The minimum absolute atomic E-state index is 0.00676. The van der Waals surface area contributed by atoms with Crippen molar-refractivity contribution in [2.45, 2.75) is 36.8 Å². The average molecular weight is 566 g/mol. The van der Waals surface area contributed by atoms with Crippen LogP contribution in [-0.4, -0.2) is 35.8 Å². The van der Waals surface area contributed by atoms with E-state index in [2.05, 4.69) is 38.1 Å². The highest BCUT2D eigenvalue weighted by Gasteiger charge is 2.69. The highest BCUT2D eigenvalue weighted by molar-refractivity contribution is 14.1. The van der Waals surface area contributed by atoms with Gasteiger partial charge in [-0.3, -0.25) is 14.5 Å². The van der Waals surface area contributed by atoms with E-state index >= 15 is 4.39 Å². The fraction of sp³-hybridized carbons (Fsp3) is 0.417. The number of fused-ring (bicyclic) bond motifs is 3. The SMILES string of the molecule is O=C1NCC[C@H]2[C@@H]1[C@H](c1cccc(Cl)c1F)[C@]1(C(=O)Nc3cc(I)ccc31)N2CC1CC1. The lowest BCUT2D eigenvalue weighted by atomic mass is 9.70. The van der Waals surface area contributed by atoms with Crippen LogP contribution < -0.4 is 10.6 Å². The number of rotatable bonds is 3. The Bertz CT molecular complexity index is 1160. The Hall–Kier alpha value is -1.71. The minimum atomic E-state index is -1.15. The molecular weight excluding hydrogens is 544 g/mol. The lowest BCUT2D eigenvalue weighted by Crippen LogP contribution is -2.53. The fourth-order valence-electron chi connectivity index (χ4n) is 6.16. The number of hydrogen-bond acceptors (Lipinski definition) is 3. The quantitative estimate of drug-likeness (QED) is 0.548. The first kappa shape index (κ1) is 20.9. The molecule has 5 nitrogen and oxygen atoms in total. The molecule has 6 rings (SSSR count). The van der Waals surface area contributed by atoms with Gasteiger partial charge in [-0.05, 0) is 71.5 Å². The number of piperidine rings is 1. The Morgan fingerprint density at radius 2 is 2.00 bits per heavy atom. The molecule has 32 heavy (non-hydrogen) atoms. The smallest absolute Gasteiger partial charge is 0.250 e. The molecule has 2 aromatic rings. The number of hydrogen-bond donors (Lipinski definition) is 2. The zero-order chi connectivity index (χ0) is 22.2. The van der Waals surface area contributed by atoms with Crippen LogP contribution in [0.4, 0.5) is 10.1 Å². The molecule has 1 saturated carbocycles. The molecule has 0 unspecified atom stereocenters. The highest BCUT2D eigenvalue weighted by Crippen LogP contribution is 2.61. The molecule has 0 aromatic heterocycles. The third-order valence-corrected chi connectivity index (χ3v) is 8.54. The number of nitrogens with zero attached hydrogens (tertiary/aromatic N) is 1. The molecule has 2 N–H and O–H groups in total. The second kappa shape index (κ2) is 7.40. The maximum absolute atomic E-state index is 15.5. The lowest BCUT2D eigenvalue weighted by molar-refractivity contribution is -0.128. The van der Waals surface area contributed by atoms with E-state index in [0.717, 1.165) is 40.6 Å². The molecule has 3 heterocycles. The molecule has 0 radical (unpaired) electrons. The van der Waals surface area contributed by atoms with Crippen LogP contribution >= 0.6 is 34.2 Å². The van der Waals surface area contributed by atoms with E-state index in [1.165, 1.54) is 6.07 Å². The summed E-state index contributed by atoms with van der Waals surface area (Å²) in [6, 6.07) is 10.7. The van der Waals surface area contributed by atoms with E-state index in [9.17, 15) is 9.59 Å². The average Bonchev–Trinajstić information content (AvgIpc) is 3.47. The predicted molar refractivity (Wildman–Crippen MR) is 128 cm³/mol. The molecule has 3 aliphatic heterocycles. The third kappa shape index (κ3) is 2.83. The largest absolute Gasteiger partial charge is 0.356 e. The lowest BCUT2D eigenvalue weighted by Gasteiger charge is -2.40. The summed E-state index contributed by atoms with van der Waals surface area (Å²) < 4.78 is 16.5. The first-order valence-electron chi connectivity index (χ1n) is 11.0. The van der Waals surface area contributed by atoms with E-state index < -0.39 is 23.2 Å². The summed E-state index contributed by atoms with van der Waals surface area (Å²) in [6.07, 6.45) is 2.97. The molecule has 166 valence electrons. The number of benzene rings is 2. The van der Waals surface area contributed by atoms with Crippen LogP contribution in [0.15, 0.2) is 36.4 Å². The van der Waals surface area contributed by atoms with E-state index in [0.29, 0.717) is 18.0 Å². The van der Waals surface area contributed by atoms with Gasteiger partial charge in [-0.1, -0.05) is 29.8 Å². The standard InChI is InChI=1S/C24H22ClFIN3O2/c25-16-3-1-2-14(21(16)26)20-19-18(8-9-28-22(19)31)30(11-12-4-5-12)24(20)15-7-6-13(27)10-17(15)29-23(24)32/h1-3,6-7,10,12,18-20H,4-5,8-9,11H2,(H,28,31)(H,29,32)/t18-,19+,20-,24+/m0/s1. The van der Waals surface area contributed by atoms with Gasteiger partial charge < -0.3 is 10.6 Å². The second-order valence-electron chi connectivity index (χ2n) is 9.30. The van der Waals surface area contributed by atoms with E-state index in [-0.39, 0.29) is 22.9 Å². The Balaban J connectivity index is 1.65. The van der Waals surface area contributed by atoms with Crippen molar-refractivity contribution in [1.29, 1.82) is 0 Å². The number of anilines is 1. The van der Waals surface area contributed by atoms with Crippen LogP contribution in [0.3, 0.4) is 0 Å². The second-order valence-corrected chi connectivity index (χ2v) is 11.0. The van der Waals surface area contributed by atoms with Gasteiger partial charge in [0.2, 0.25) is 11.8 Å². The Labute approximate surface area is 204 Å². The van der Waals surface area contributed by atoms with Crippen LogP contribution in [0.5, 0.6) is 0 Å².